The third-order valence-corrected chi connectivity index (χ3v) is 0.863. The Hall–Kier alpha value is -1.13. The van der Waals surface area contributed by atoms with Crippen molar-refractivity contribution in [1.29, 1.82) is 0 Å². The SMILES string of the molecule is CC(C)(C)C#CCCN=[N+]=[N-]. The molecule has 0 aromatic carbocycles. The van der Waals surface area contributed by atoms with Gasteiger partial charge in [-0.2, -0.15) is 0 Å². The van der Waals surface area contributed by atoms with Gasteiger partial charge in [0.05, 0.1) is 0 Å². The first kappa shape index (κ1) is 9.87. The lowest BCUT2D eigenvalue weighted by atomic mass is 9.98. The Balaban J connectivity index is 3.65. The Labute approximate surface area is 67.4 Å². The third-order valence-electron chi connectivity index (χ3n) is 0.863. The topological polar surface area (TPSA) is 48.8 Å². The van der Waals surface area contributed by atoms with Gasteiger partial charge in [-0.1, -0.05) is 11.0 Å². The Morgan fingerprint density at radius 2 is 2.09 bits per heavy atom. The molecule has 0 aromatic rings. The molecule has 3 heteroatoms. The highest BCUT2D eigenvalue weighted by molar-refractivity contribution is 5.07. The summed E-state index contributed by atoms with van der Waals surface area (Å²) in [6.45, 7) is 6.62. The van der Waals surface area contributed by atoms with E-state index in [1.54, 1.807) is 0 Å². The second kappa shape index (κ2) is 4.65. The summed E-state index contributed by atoms with van der Waals surface area (Å²) in [5.41, 5.74) is 7.99. The fraction of sp³-hybridized carbons (Fsp3) is 0.750. The van der Waals surface area contributed by atoms with E-state index in [9.17, 15) is 0 Å². The summed E-state index contributed by atoms with van der Waals surface area (Å²) in [7, 11) is 0. The molecule has 0 heterocycles. The zero-order chi connectivity index (χ0) is 8.74. The normalized spacial score (nSPS) is 9.36. The first-order valence-electron chi connectivity index (χ1n) is 3.57. The number of hydrogen-bond acceptors (Lipinski definition) is 1. The molecule has 0 rings (SSSR count). The standard InChI is InChI=1S/C8H13N3/c1-8(2,3)6-4-5-7-10-11-9/h5,7H2,1-3H3. The van der Waals surface area contributed by atoms with Gasteiger partial charge in [-0.15, -0.1) is 5.92 Å². The van der Waals surface area contributed by atoms with Crippen LogP contribution in [0.5, 0.6) is 0 Å². The van der Waals surface area contributed by atoms with Crippen molar-refractivity contribution in [2.24, 2.45) is 10.5 Å². The maximum absolute atomic E-state index is 7.94. The van der Waals surface area contributed by atoms with Crippen molar-refractivity contribution in [2.75, 3.05) is 6.54 Å². The van der Waals surface area contributed by atoms with E-state index in [4.69, 9.17) is 5.53 Å². The van der Waals surface area contributed by atoms with E-state index in [1.807, 2.05) is 20.8 Å². The smallest absolute Gasteiger partial charge is 0.0367 e. The summed E-state index contributed by atoms with van der Waals surface area (Å²) in [6.07, 6.45) is 0.654. The zero-order valence-corrected chi connectivity index (χ0v) is 7.26. The van der Waals surface area contributed by atoms with Crippen LogP contribution in [0.1, 0.15) is 27.2 Å². The molecule has 0 unspecified atom stereocenters. The second-order valence-corrected chi connectivity index (χ2v) is 3.26. The molecule has 0 aliphatic heterocycles. The Morgan fingerprint density at radius 3 is 2.55 bits per heavy atom. The molecule has 0 aliphatic rings. The second-order valence-electron chi connectivity index (χ2n) is 3.26. The molecule has 0 radical (unpaired) electrons. The quantitative estimate of drug-likeness (QED) is 0.191. The van der Waals surface area contributed by atoms with Gasteiger partial charge in [0.25, 0.3) is 0 Å². The molecule has 0 saturated carbocycles. The molecule has 0 atom stereocenters. The van der Waals surface area contributed by atoms with Crippen LogP contribution in [0.15, 0.2) is 5.11 Å². The molecule has 0 N–H and O–H groups in total. The van der Waals surface area contributed by atoms with Crippen LogP contribution in [0.4, 0.5) is 0 Å². The highest BCUT2D eigenvalue weighted by Crippen LogP contribution is 2.09. The highest BCUT2D eigenvalue weighted by atomic mass is 15.1. The van der Waals surface area contributed by atoms with E-state index in [-0.39, 0.29) is 5.41 Å². The summed E-state index contributed by atoms with van der Waals surface area (Å²) in [6, 6.07) is 0. The van der Waals surface area contributed by atoms with Gasteiger partial charge in [-0.3, -0.25) is 0 Å². The Kier molecular flexibility index (Phi) is 4.17. The van der Waals surface area contributed by atoms with E-state index >= 15 is 0 Å². The third kappa shape index (κ3) is 8.87. The summed E-state index contributed by atoms with van der Waals surface area (Å²) in [4.78, 5) is 2.63. The van der Waals surface area contributed by atoms with Crippen LogP contribution < -0.4 is 0 Å². The van der Waals surface area contributed by atoms with E-state index in [0.717, 1.165) is 0 Å². The predicted molar refractivity (Wildman–Crippen MR) is 45.9 cm³/mol. The fourth-order valence-electron chi connectivity index (χ4n) is 0.478. The van der Waals surface area contributed by atoms with E-state index in [2.05, 4.69) is 21.9 Å². The minimum atomic E-state index is 0.0519. The van der Waals surface area contributed by atoms with E-state index in [0.29, 0.717) is 13.0 Å². The first-order chi connectivity index (χ1) is 5.06. The fourth-order valence-corrected chi connectivity index (χ4v) is 0.478. The monoisotopic (exact) mass is 151 g/mol. The molecule has 60 valence electrons. The van der Waals surface area contributed by atoms with E-state index in [1.165, 1.54) is 0 Å². The van der Waals surface area contributed by atoms with Gasteiger partial charge < -0.3 is 0 Å². The number of azide groups is 1. The number of rotatable bonds is 2. The van der Waals surface area contributed by atoms with Crippen molar-refractivity contribution in [2.45, 2.75) is 27.2 Å². The van der Waals surface area contributed by atoms with Gasteiger partial charge in [-0.25, -0.2) is 0 Å². The molecule has 0 aromatic heterocycles. The van der Waals surface area contributed by atoms with Crippen LogP contribution >= 0.6 is 0 Å². The summed E-state index contributed by atoms with van der Waals surface area (Å²) in [5.74, 6) is 5.99. The molecular formula is C8H13N3. The lowest BCUT2D eigenvalue weighted by Gasteiger charge is -2.06. The maximum atomic E-state index is 7.94. The lowest BCUT2D eigenvalue weighted by Crippen LogP contribution is -1.99. The lowest BCUT2D eigenvalue weighted by molar-refractivity contribution is 0.570. The van der Waals surface area contributed by atoms with Crippen molar-refractivity contribution >= 4 is 0 Å². The van der Waals surface area contributed by atoms with Crippen molar-refractivity contribution in [3.8, 4) is 11.8 Å². The highest BCUT2D eigenvalue weighted by Gasteiger charge is 2.02. The average Bonchev–Trinajstić information content (AvgIpc) is 1.85. The molecular weight excluding hydrogens is 138 g/mol. The summed E-state index contributed by atoms with van der Waals surface area (Å²) < 4.78 is 0. The van der Waals surface area contributed by atoms with Crippen LogP contribution in [-0.2, 0) is 0 Å². The first-order valence-corrected chi connectivity index (χ1v) is 3.57. The van der Waals surface area contributed by atoms with Crippen LogP contribution in [0.2, 0.25) is 0 Å². The van der Waals surface area contributed by atoms with Crippen molar-refractivity contribution < 1.29 is 0 Å². The van der Waals surface area contributed by atoms with Gasteiger partial charge in [0.2, 0.25) is 0 Å². The van der Waals surface area contributed by atoms with Crippen molar-refractivity contribution in [3.05, 3.63) is 10.4 Å². The maximum Gasteiger partial charge on any atom is 0.0367 e. The molecule has 0 spiro atoms. The minimum absolute atomic E-state index is 0.0519. The molecule has 0 aliphatic carbocycles. The van der Waals surface area contributed by atoms with Crippen molar-refractivity contribution in [3.63, 3.8) is 0 Å². The van der Waals surface area contributed by atoms with Gasteiger partial charge in [0.1, 0.15) is 0 Å². The largest absolute Gasteiger partial charge is 0.103 e. The Bertz CT molecular complexity index is 208. The average molecular weight is 151 g/mol. The molecule has 0 fully saturated rings. The van der Waals surface area contributed by atoms with Gasteiger partial charge >= 0.3 is 0 Å². The molecule has 0 saturated heterocycles. The van der Waals surface area contributed by atoms with Gasteiger partial charge in [0, 0.05) is 23.3 Å². The van der Waals surface area contributed by atoms with Crippen LogP contribution in [0.3, 0.4) is 0 Å². The number of hydrogen-bond donors (Lipinski definition) is 0. The predicted octanol–water partition coefficient (Wildman–Crippen LogP) is 2.74. The van der Waals surface area contributed by atoms with Crippen LogP contribution in [-0.4, -0.2) is 6.54 Å². The van der Waals surface area contributed by atoms with E-state index < -0.39 is 0 Å². The summed E-state index contributed by atoms with van der Waals surface area (Å²) in [5, 5.41) is 3.37. The molecule has 0 amide bonds. The molecule has 0 bridgehead atoms. The van der Waals surface area contributed by atoms with Crippen LogP contribution in [0.25, 0.3) is 10.4 Å². The van der Waals surface area contributed by atoms with Crippen molar-refractivity contribution in [1.82, 2.24) is 0 Å². The summed E-state index contributed by atoms with van der Waals surface area (Å²) >= 11 is 0. The zero-order valence-electron chi connectivity index (χ0n) is 7.26. The minimum Gasteiger partial charge on any atom is -0.103 e. The number of nitrogens with zero attached hydrogens (tertiary/aromatic N) is 3. The van der Waals surface area contributed by atoms with Gasteiger partial charge in [-0.05, 0) is 26.3 Å². The van der Waals surface area contributed by atoms with Crippen LogP contribution in [0, 0.1) is 17.3 Å². The Morgan fingerprint density at radius 1 is 1.45 bits per heavy atom. The van der Waals surface area contributed by atoms with Gasteiger partial charge in [0.15, 0.2) is 0 Å². The molecule has 3 nitrogen and oxygen atoms in total. The molecule has 11 heavy (non-hydrogen) atoms.